The predicted molar refractivity (Wildman–Crippen MR) is 37.3 cm³/mol. The molecule has 0 aliphatic heterocycles. The van der Waals surface area contributed by atoms with Crippen LogP contribution in [0.1, 0.15) is 13.3 Å². The molecular formula is C4H6Cl3N. The highest BCUT2D eigenvalue weighted by atomic mass is 35.6. The average Bonchev–Trinajstić information content (AvgIpc) is 1.65. The van der Waals surface area contributed by atoms with E-state index in [1.807, 2.05) is 13.0 Å². The number of rotatable bonds is 0. The molecule has 0 atom stereocenters. The van der Waals surface area contributed by atoms with Crippen molar-refractivity contribution in [3.63, 3.8) is 0 Å². The van der Waals surface area contributed by atoms with Crippen molar-refractivity contribution >= 4 is 34.8 Å². The van der Waals surface area contributed by atoms with E-state index in [9.17, 15) is 0 Å². The third-order valence-corrected chi connectivity index (χ3v) is 0.158. The third-order valence-electron chi connectivity index (χ3n) is 0.158. The lowest BCUT2D eigenvalue weighted by molar-refractivity contribution is 1.22. The fourth-order valence-corrected chi connectivity index (χ4v) is 0. The van der Waals surface area contributed by atoms with Gasteiger partial charge in [-0.2, -0.15) is 5.26 Å². The lowest BCUT2D eigenvalue weighted by Gasteiger charge is -1.69. The summed E-state index contributed by atoms with van der Waals surface area (Å²) >= 11 is 14.4. The second-order valence-corrected chi connectivity index (χ2v) is 2.74. The second-order valence-electron chi connectivity index (χ2n) is 0.759. The molecule has 0 unspecified atom stereocenters. The van der Waals surface area contributed by atoms with Crippen LogP contribution < -0.4 is 0 Å². The van der Waals surface area contributed by atoms with Gasteiger partial charge < -0.3 is 0 Å². The van der Waals surface area contributed by atoms with E-state index >= 15 is 0 Å². The van der Waals surface area contributed by atoms with Gasteiger partial charge in [-0.3, -0.25) is 0 Å². The summed E-state index contributed by atoms with van der Waals surface area (Å²) in [5, 5.41) is 7.62. The van der Waals surface area contributed by atoms with Gasteiger partial charge in [0.15, 0.2) is 4.30 Å². The molecular weight excluding hydrogens is 168 g/mol. The van der Waals surface area contributed by atoms with E-state index < -0.39 is 4.30 Å². The van der Waals surface area contributed by atoms with Gasteiger partial charge in [0.25, 0.3) is 0 Å². The standard InChI is InChI=1S/C3H5N.CHCl3/c1-2-3-4;2-1(3)4/h2H2,1H3;1H. The van der Waals surface area contributed by atoms with Gasteiger partial charge in [0, 0.05) is 6.42 Å². The van der Waals surface area contributed by atoms with E-state index in [0.29, 0.717) is 6.42 Å². The smallest absolute Gasteiger partial charge is 0.180 e. The van der Waals surface area contributed by atoms with Crippen LogP contribution in [-0.2, 0) is 0 Å². The van der Waals surface area contributed by atoms with E-state index in [-0.39, 0.29) is 0 Å². The quantitative estimate of drug-likeness (QED) is 0.518. The van der Waals surface area contributed by atoms with E-state index in [1.165, 1.54) is 0 Å². The van der Waals surface area contributed by atoms with Crippen LogP contribution in [0.15, 0.2) is 0 Å². The minimum atomic E-state index is -0.750. The molecule has 8 heavy (non-hydrogen) atoms. The van der Waals surface area contributed by atoms with Crippen molar-refractivity contribution in [1.29, 1.82) is 5.26 Å². The third kappa shape index (κ3) is 98.8. The monoisotopic (exact) mass is 173 g/mol. The van der Waals surface area contributed by atoms with Crippen molar-refractivity contribution in [3.05, 3.63) is 0 Å². The minimum Gasteiger partial charge on any atom is -0.198 e. The Hall–Kier alpha value is 0.360. The fourth-order valence-electron chi connectivity index (χ4n) is 0. The number of hydrogen-bond acceptors (Lipinski definition) is 1. The van der Waals surface area contributed by atoms with Crippen molar-refractivity contribution in [3.8, 4) is 6.07 Å². The molecule has 0 radical (unpaired) electrons. The Labute approximate surface area is 64.1 Å². The highest BCUT2D eigenvalue weighted by Crippen LogP contribution is 2.03. The summed E-state index contributed by atoms with van der Waals surface area (Å²) in [6, 6.07) is 1.93. The van der Waals surface area contributed by atoms with Gasteiger partial charge in [0.2, 0.25) is 0 Å². The maximum absolute atomic E-state index is 7.62. The van der Waals surface area contributed by atoms with Crippen molar-refractivity contribution in [2.45, 2.75) is 17.6 Å². The molecule has 0 saturated carbocycles. The van der Waals surface area contributed by atoms with Crippen LogP contribution in [0, 0.1) is 11.3 Å². The number of halogens is 3. The molecule has 0 aromatic carbocycles. The molecule has 0 aliphatic rings. The van der Waals surface area contributed by atoms with Gasteiger partial charge >= 0.3 is 0 Å². The number of hydrogen-bond donors (Lipinski definition) is 0. The molecule has 0 saturated heterocycles. The zero-order chi connectivity index (χ0) is 6.99. The summed E-state index contributed by atoms with van der Waals surface area (Å²) in [5.41, 5.74) is 0. The fraction of sp³-hybridized carbons (Fsp3) is 0.750. The lowest BCUT2D eigenvalue weighted by Crippen LogP contribution is -1.55. The van der Waals surface area contributed by atoms with Crippen molar-refractivity contribution in [1.82, 2.24) is 0 Å². The average molecular weight is 174 g/mol. The summed E-state index contributed by atoms with van der Waals surface area (Å²) in [5.74, 6) is 0. The van der Waals surface area contributed by atoms with Gasteiger partial charge in [-0.15, -0.1) is 0 Å². The number of nitriles is 1. The maximum atomic E-state index is 7.62. The Bertz CT molecular complexity index is 63.4. The lowest BCUT2D eigenvalue weighted by atomic mass is 10.6. The first-order valence-electron chi connectivity index (χ1n) is 1.94. The van der Waals surface area contributed by atoms with Gasteiger partial charge in [0.05, 0.1) is 6.07 Å². The largest absolute Gasteiger partial charge is 0.198 e. The molecule has 0 spiro atoms. The summed E-state index contributed by atoms with van der Waals surface area (Å²) in [6.45, 7) is 1.82. The molecule has 0 fully saturated rings. The van der Waals surface area contributed by atoms with Gasteiger partial charge in [-0.25, -0.2) is 0 Å². The Morgan fingerprint density at radius 2 is 1.62 bits per heavy atom. The summed E-state index contributed by atoms with van der Waals surface area (Å²) < 4.78 is -0.750. The molecule has 1 nitrogen and oxygen atoms in total. The molecule has 0 aromatic rings. The SMILES string of the molecule is CCC#N.ClC(Cl)Cl. The first-order valence-corrected chi connectivity index (χ1v) is 3.25. The zero-order valence-corrected chi connectivity index (χ0v) is 6.63. The normalized spacial score (nSPS) is 7.00. The van der Waals surface area contributed by atoms with Gasteiger partial charge in [-0.05, 0) is 0 Å². The Morgan fingerprint density at radius 1 is 1.50 bits per heavy atom. The van der Waals surface area contributed by atoms with E-state index in [0.717, 1.165) is 0 Å². The molecule has 0 N–H and O–H groups in total. The maximum Gasteiger partial charge on any atom is 0.180 e. The van der Waals surface area contributed by atoms with E-state index in [4.69, 9.17) is 40.1 Å². The molecule has 0 rings (SSSR count). The van der Waals surface area contributed by atoms with Gasteiger partial charge in [-0.1, -0.05) is 41.7 Å². The highest BCUT2D eigenvalue weighted by molar-refractivity contribution is 6.63. The number of nitrogens with zero attached hydrogens (tertiary/aromatic N) is 1. The van der Waals surface area contributed by atoms with Crippen LogP contribution in [-0.4, -0.2) is 4.30 Å². The Morgan fingerprint density at radius 3 is 1.62 bits per heavy atom. The van der Waals surface area contributed by atoms with E-state index in [2.05, 4.69) is 0 Å². The summed E-state index contributed by atoms with van der Waals surface area (Å²) in [6.07, 6.45) is 0.625. The molecule has 0 amide bonds. The Balaban J connectivity index is 0. The molecule has 4 heteroatoms. The van der Waals surface area contributed by atoms with Crippen LogP contribution in [0.3, 0.4) is 0 Å². The minimum absolute atomic E-state index is 0.625. The number of alkyl halides is 3. The molecule has 0 aromatic heterocycles. The molecule has 0 bridgehead atoms. The highest BCUT2D eigenvalue weighted by Gasteiger charge is 1.78. The summed E-state index contributed by atoms with van der Waals surface area (Å²) in [4.78, 5) is 0. The van der Waals surface area contributed by atoms with Gasteiger partial charge in [0.1, 0.15) is 0 Å². The van der Waals surface area contributed by atoms with Crippen molar-refractivity contribution in [2.75, 3.05) is 0 Å². The van der Waals surface area contributed by atoms with Crippen LogP contribution in [0.25, 0.3) is 0 Å². The van der Waals surface area contributed by atoms with Crippen LogP contribution in [0.4, 0.5) is 0 Å². The topological polar surface area (TPSA) is 23.8 Å². The second kappa shape index (κ2) is 10.4. The molecule has 0 aliphatic carbocycles. The molecule has 0 heterocycles. The first-order chi connectivity index (χ1) is 3.65. The predicted octanol–water partition coefficient (Wildman–Crippen LogP) is 2.91. The first kappa shape index (κ1) is 11.2. The van der Waals surface area contributed by atoms with Crippen molar-refractivity contribution in [2.24, 2.45) is 0 Å². The van der Waals surface area contributed by atoms with Crippen molar-refractivity contribution < 1.29 is 0 Å². The van der Waals surface area contributed by atoms with E-state index in [1.54, 1.807) is 0 Å². The van der Waals surface area contributed by atoms with Crippen LogP contribution in [0.2, 0.25) is 0 Å². The summed E-state index contributed by atoms with van der Waals surface area (Å²) in [7, 11) is 0. The van der Waals surface area contributed by atoms with Crippen LogP contribution in [0.5, 0.6) is 0 Å². The molecule has 48 valence electrons. The zero-order valence-electron chi connectivity index (χ0n) is 4.37. The Kier molecular flexibility index (Phi) is 14.5. The van der Waals surface area contributed by atoms with Crippen LogP contribution >= 0.6 is 34.8 Å².